The lowest BCUT2D eigenvalue weighted by molar-refractivity contribution is 0.589. The van der Waals surface area contributed by atoms with Crippen LogP contribution in [0, 0.1) is 19.3 Å². The Morgan fingerprint density at radius 2 is 2.38 bits per heavy atom. The quantitative estimate of drug-likeness (QED) is 0.723. The van der Waals surface area contributed by atoms with E-state index >= 15 is 0 Å². The second-order valence-electron chi connectivity index (χ2n) is 3.20. The molecule has 0 amide bonds. The fourth-order valence-electron chi connectivity index (χ4n) is 1.20. The average Bonchev–Trinajstić information content (AvgIpc) is 2.48. The molecule has 1 aromatic heterocycles. The van der Waals surface area contributed by atoms with Gasteiger partial charge in [0, 0.05) is 15.8 Å². The first-order chi connectivity index (χ1) is 6.22. The first-order valence-corrected chi connectivity index (χ1v) is 5.26. The summed E-state index contributed by atoms with van der Waals surface area (Å²) in [5, 5.41) is 3.26. The van der Waals surface area contributed by atoms with Crippen molar-refractivity contribution in [3.05, 3.63) is 21.9 Å². The number of aryl methyl sites for hydroxylation is 1. The monoisotopic (exact) mass is 193 g/mol. The molecule has 70 valence electrons. The summed E-state index contributed by atoms with van der Waals surface area (Å²) in [5.41, 5.74) is 0. The molecule has 0 spiro atoms. The molecule has 2 heteroatoms. The van der Waals surface area contributed by atoms with Gasteiger partial charge in [0.2, 0.25) is 0 Å². The van der Waals surface area contributed by atoms with Crippen LogP contribution in [0.15, 0.2) is 12.1 Å². The predicted molar refractivity (Wildman–Crippen MR) is 59.1 cm³/mol. The van der Waals surface area contributed by atoms with Gasteiger partial charge in [0.15, 0.2) is 0 Å². The van der Waals surface area contributed by atoms with Crippen molar-refractivity contribution >= 4 is 11.3 Å². The minimum atomic E-state index is 0.467. The van der Waals surface area contributed by atoms with Gasteiger partial charge in [0.05, 0.1) is 6.54 Å². The van der Waals surface area contributed by atoms with Gasteiger partial charge in [-0.3, -0.25) is 0 Å². The summed E-state index contributed by atoms with van der Waals surface area (Å²) in [7, 11) is 0. The van der Waals surface area contributed by atoms with Crippen molar-refractivity contribution in [2.24, 2.45) is 0 Å². The van der Waals surface area contributed by atoms with E-state index in [1.54, 1.807) is 0 Å². The fraction of sp³-hybridized carbons (Fsp3) is 0.455. The molecular formula is C11H15NS. The van der Waals surface area contributed by atoms with E-state index in [0.717, 1.165) is 6.42 Å². The maximum atomic E-state index is 5.16. The molecule has 1 nitrogen and oxygen atoms in total. The lowest BCUT2D eigenvalue weighted by Gasteiger charge is -2.09. The van der Waals surface area contributed by atoms with E-state index < -0.39 is 0 Å². The van der Waals surface area contributed by atoms with Crippen LogP contribution in [0.5, 0.6) is 0 Å². The van der Waals surface area contributed by atoms with Crippen molar-refractivity contribution in [1.82, 2.24) is 5.32 Å². The number of rotatable bonds is 4. The second-order valence-corrected chi connectivity index (χ2v) is 4.58. The van der Waals surface area contributed by atoms with Crippen molar-refractivity contribution in [3.8, 4) is 12.3 Å². The normalized spacial score (nSPS) is 12.4. The van der Waals surface area contributed by atoms with Gasteiger partial charge in [-0.25, -0.2) is 0 Å². The first kappa shape index (κ1) is 10.3. The summed E-state index contributed by atoms with van der Waals surface area (Å²) in [6, 6.07) is 4.82. The number of hydrogen-bond donors (Lipinski definition) is 1. The van der Waals surface area contributed by atoms with Gasteiger partial charge < -0.3 is 5.32 Å². The van der Waals surface area contributed by atoms with Crippen molar-refractivity contribution < 1.29 is 0 Å². The number of thiophene rings is 1. The zero-order valence-electron chi connectivity index (χ0n) is 8.13. The standard InChI is InChI=1S/C11H15NS/c1-4-7-12-9(2)8-11-6-5-10(3)13-11/h1,5-6,9,12H,7-8H2,2-3H3. The van der Waals surface area contributed by atoms with Crippen molar-refractivity contribution in [3.63, 3.8) is 0 Å². The van der Waals surface area contributed by atoms with Gasteiger partial charge in [-0.1, -0.05) is 5.92 Å². The van der Waals surface area contributed by atoms with Crippen LogP contribution in [0.25, 0.3) is 0 Å². The number of terminal acetylenes is 1. The average molecular weight is 193 g/mol. The Labute approximate surface area is 84.2 Å². The third-order valence-corrected chi connectivity index (χ3v) is 2.88. The summed E-state index contributed by atoms with van der Waals surface area (Å²) in [6.07, 6.45) is 6.23. The highest BCUT2D eigenvalue weighted by Gasteiger charge is 2.03. The molecule has 13 heavy (non-hydrogen) atoms. The molecule has 1 unspecified atom stereocenters. The Morgan fingerprint density at radius 3 is 2.92 bits per heavy atom. The molecular weight excluding hydrogens is 178 g/mol. The van der Waals surface area contributed by atoms with Crippen LogP contribution in [-0.4, -0.2) is 12.6 Å². The number of nitrogens with one attached hydrogen (secondary N) is 1. The molecule has 0 radical (unpaired) electrons. The molecule has 0 aliphatic carbocycles. The highest BCUT2D eigenvalue weighted by atomic mass is 32.1. The van der Waals surface area contributed by atoms with Gasteiger partial charge in [-0.15, -0.1) is 17.8 Å². The van der Waals surface area contributed by atoms with E-state index in [4.69, 9.17) is 6.42 Å². The molecule has 0 aliphatic rings. The summed E-state index contributed by atoms with van der Waals surface area (Å²) < 4.78 is 0. The van der Waals surface area contributed by atoms with E-state index in [9.17, 15) is 0 Å². The molecule has 0 aromatic carbocycles. The minimum Gasteiger partial charge on any atom is -0.303 e. The highest BCUT2D eigenvalue weighted by molar-refractivity contribution is 7.11. The Bertz CT molecular complexity index is 295. The third-order valence-electron chi connectivity index (χ3n) is 1.86. The third kappa shape index (κ3) is 3.63. The van der Waals surface area contributed by atoms with Crippen LogP contribution in [0.1, 0.15) is 16.7 Å². The van der Waals surface area contributed by atoms with Crippen LogP contribution in [0.3, 0.4) is 0 Å². The maximum Gasteiger partial charge on any atom is 0.0575 e. The van der Waals surface area contributed by atoms with Gasteiger partial charge >= 0.3 is 0 Å². The second kappa shape index (κ2) is 5.06. The smallest absolute Gasteiger partial charge is 0.0575 e. The van der Waals surface area contributed by atoms with Gasteiger partial charge in [-0.2, -0.15) is 0 Å². The van der Waals surface area contributed by atoms with E-state index in [2.05, 4.69) is 37.2 Å². The molecule has 0 saturated carbocycles. The lowest BCUT2D eigenvalue weighted by Crippen LogP contribution is -2.27. The van der Waals surface area contributed by atoms with Gasteiger partial charge in [0.25, 0.3) is 0 Å². The largest absolute Gasteiger partial charge is 0.303 e. The van der Waals surface area contributed by atoms with Crippen LogP contribution in [0.2, 0.25) is 0 Å². The topological polar surface area (TPSA) is 12.0 Å². The van der Waals surface area contributed by atoms with E-state index in [-0.39, 0.29) is 0 Å². The van der Waals surface area contributed by atoms with Crippen LogP contribution >= 0.6 is 11.3 Å². The zero-order valence-corrected chi connectivity index (χ0v) is 8.95. The number of hydrogen-bond acceptors (Lipinski definition) is 2. The molecule has 0 saturated heterocycles. The van der Waals surface area contributed by atoms with E-state index in [1.807, 2.05) is 11.3 Å². The van der Waals surface area contributed by atoms with Crippen molar-refractivity contribution in [2.45, 2.75) is 26.3 Å². The Morgan fingerprint density at radius 1 is 1.62 bits per heavy atom. The summed E-state index contributed by atoms with van der Waals surface area (Å²) in [4.78, 5) is 2.80. The maximum absolute atomic E-state index is 5.16. The molecule has 0 aliphatic heterocycles. The Hall–Kier alpha value is -0.780. The summed E-state index contributed by atoms with van der Waals surface area (Å²) in [6.45, 7) is 4.95. The van der Waals surface area contributed by atoms with Crippen molar-refractivity contribution in [1.29, 1.82) is 0 Å². The molecule has 1 rings (SSSR count). The minimum absolute atomic E-state index is 0.467. The summed E-state index contributed by atoms with van der Waals surface area (Å²) >= 11 is 1.86. The molecule has 0 bridgehead atoms. The van der Waals surface area contributed by atoms with Crippen LogP contribution in [0.4, 0.5) is 0 Å². The molecule has 1 atom stereocenters. The fourth-order valence-corrected chi connectivity index (χ4v) is 2.22. The Kier molecular flexibility index (Phi) is 4.01. The molecule has 1 heterocycles. The molecule has 0 fully saturated rings. The highest BCUT2D eigenvalue weighted by Crippen LogP contribution is 2.16. The predicted octanol–water partition coefficient (Wildman–Crippen LogP) is 2.21. The Balaban J connectivity index is 2.37. The first-order valence-electron chi connectivity index (χ1n) is 4.44. The van der Waals surface area contributed by atoms with E-state index in [0.29, 0.717) is 12.6 Å². The van der Waals surface area contributed by atoms with Crippen LogP contribution in [-0.2, 0) is 6.42 Å². The van der Waals surface area contributed by atoms with E-state index in [1.165, 1.54) is 9.75 Å². The molecule has 1 aromatic rings. The van der Waals surface area contributed by atoms with Crippen LogP contribution < -0.4 is 5.32 Å². The molecule has 1 N–H and O–H groups in total. The lowest BCUT2D eigenvalue weighted by atomic mass is 10.2. The van der Waals surface area contributed by atoms with Gasteiger partial charge in [0.1, 0.15) is 0 Å². The zero-order chi connectivity index (χ0) is 9.68. The van der Waals surface area contributed by atoms with Crippen molar-refractivity contribution in [2.75, 3.05) is 6.54 Å². The SMILES string of the molecule is C#CCNC(C)Cc1ccc(C)s1. The van der Waals surface area contributed by atoms with Gasteiger partial charge in [-0.05, 0) is 32.4 Å². The summed E-state index contributed by atoms with van der Waals surface area (Å²) in [5.74, 6) is 2.58.